The van der Waals surface area contributed by atoms with Crippen molar-refractivity contribution in [3.05, 3.63) is 0 Å². The Balaban J connectivity index is 2.24. The molecule has 0 aromatic heterocycles. The second kappa shape index (κ2) is 10.5. The molecule has 9 unspecified atom stereocenters. The summed E-state index contributed by atoms with van der Waals surface area (Å²) in [5, 5.41) is 61.8. The Bertz CT molecular complexity index is 468. The van der Waals surface area contributed by atoms with E-state index in [2.05, 4.69) is 10.2 Å². The van der Waals surface area contributed by atoms with Crippen LogP contribution in [-0.4, -0.2) is 119 Å². The van der Waals surface area contributed by atoms with Gasteiger partial charge in [-0.1, -0.05) is 0 Å². The van der Waals surface area contributed by atoms with Crippen molar-refractivity contribution in [2.24, 2.45) is 0 Å². The molecule has 7 N–H and O–H groups in total. The maximum absolute atomic E-state index is 10.5. The minimum Gasteiger partial charge on any atom is -0.394 e. The summed E-state index contributed by atoms with van der Waals surface area (Å²) < 4.78 is 26.5. The summed E-state index contributed by atoms with van der Waals surface area (Å²) in [6, 6.07) is -0.954. The molecule has 0 saturated carbocycles. The van der Waals surface area contributed by atoms with Crippen molar-refractivity contribution < 1.29 is 59.4 Å². The average molecular weight is 415 g/mol. The molecule has 13 heteroatoms. The minimum atomic E-state index is -1.63. The highest BCUT2D eigenvalue weighted by molar-refractivity contribution is 4.96. The van der Waals surface area contributed by atoms with Crippen molar-refractivity contribution in [2.45, 2.75) is 74.7 Å². The zero-order valence-corrected chi connectivity index (χ0v) is 15.7. The Morgan fingerprint density at radius 1 is 0.929 bits per heavy atom. The van der Waals surface area contributed by atoms with E-state index in [0.717, 1.165) is 0 Å². The summed E-state index contributed by atoms with van der Waals surface area (Å²) in [6.45, 7) is 0.857. The molecule has 2 aliphatic heterocycles. The Morgan fingerprint density at radius 2 is 1.61 bits per heavy atom. The maximum atomic E-state index is 10.5. The lowest BCUT2D eigenvalue weighted by molar-refractivity contribution is -0.437. The van der Waals surface area contributed by atoms with Gasteiger partial charge in [-0.3, -0.25) is 5.32 Å². The predicted molar refractivity (Wildman–Crippen MR) is 87.4 cm³/mol. The largest absolute Gasteiger partial charge is 0.394 e. The van der Waals surface area contributed by atoms with E-state index < -0.39 is 74.4 Å². The molecule has 0 aromatic rings. The highest BCUT2D eigenvalue weighted by Gasteiger charge is 2.52. The topological polar surface area (TPSA) is 189 Å². The van der Waals surface area contributed by atoms with E-state index in [1.165, 1.54) is 21.1 Å². The van der Waals surface area contributed by atoms with Gasteiger partial charge in [-0.15, -0.1) is 0 Å². The van der Waals surface area contributed by atoms with Crippen LogP contribution in [-0.2, 0) is 28.6 Å². The van der Waals surface area contributed by atoms with Crippen LogP contribution in [0.4, 0.5) is 0 Å². The van der Waals surface area contributed by atoms with Crippen LogP contribution < -0.4 is 5.32 Å². The van der Waals surface area contributed by atoms with E-state index in [-0.39, 0.29) is 0 Å². The van der Waals surface area contributed by atoms with Crippen LogP contribution in [0.5, 0.6) is 0 Å². The molecule has 28 heavy (non-hydrogen) atoms. The molecule has 0 amide bonds. The zero-order chi connectivity index (χ0) is 21.0. The maximum Gasteiger partial charge on any atom is 0.222 e. The molecule has 0 aromatic carbocycles. The van der Waals surface area contributed by atoms with Crippen molar-refractivity contribution >= 4 is 0 Å². The van der Waals surface area contributed by atoms with Gasteiger partial charge in [0.05, 0.1) is 12.6 Å². The van der Waals surface area contributed by atoms with Gasteiger partial charge in [0.1, 0.15) is 42.9 Å². The van der Waals surface area contributed by atoms with E-state index in [1.807, 2.05) is 0 Å². The molecule has 0 aliphatic carbocycles. The highest BCUT2D eigenvalue weighted by Crippen LogP contribution is 2.30. The third-order valence-corrected chi connectivity index (χ3v) is 4.69. The summed E-state index contributed by atoms with van der Waals surface area (Å²) in [4.78, 5) is 4.13. The molecule has 13 nitrogen and oxygen atoms in total. The number of ether oxygens (including phenoxy) is 5. The number of hydrogen-bond acceptors (Lipinski definition) is 13. The monoisotopic (exact) mass is 415 g/mol. The fraction of sp³-hybridized carbons (Fsp3) is 1.00. The lowest BCUT2D eigenvalue weighted by Gasteiger charge is -2.47. The van der Waals surface area contributed by atoms with Gasteiger partial charge < -0.3 is 49.2 Å². The normalized spacial score (nSPS) is 45.8. The third-order valence-electron chi connectivity index (χ3n) is 4.69. The van der Waals surface area contributed by atoms with Crippen molar-refractivity contribution in [1.29, 1.82) is 0 Å². The first kappa shape index (κ1) is 23.8. The molecule has 11 atom stereocenters. The SMILES string of the molecule is COC1OC(CO)[C@@H](O)C(OC2OC(OO)[C@@H](OC)C(O)C2O)C1NC(C)O. The van der Waals surface area contributed by atoms with Gasteiger partial charge in [-0.2, -0.15) is 0 Å². The first-order chi connectivity index (χ1) is 13.3. The van der Waals surface area contributed by atoms with Crippen LogP contribution in [0.25, 0.3) is 0 Å². The van der Waals surface area contributed by atoms with Crippen LogP contribution in [0.2, 0.25) is 0 Å². The number of hydrogen-bond donors (Lipinski definition) is 7. The van der Waals surface area contributed by atoms with E-state index in [4.69, 9.17) is 28.9 Å². The fourth-order valence-electron chi connectivity index (χ4n) is 3.30. The number of nitrogens with one attached hydrogen (secondary N) is 1. The summed E-state index contributed by atoms with van der Waals surface area (Å²) in [6.07, 6.45) is -13.3. The second-order valence-corrected chi connectivity index (χ2v) is 6.58. The van der Waals surface area contributed by atoms with Gasteiger partial charge in [-0.25, -0.2) is 10.1 Å². The Hall–Kier alpha value is -0.520. The lowest BCUT2D eigenvalue weighted by atomic mass is 9.96. The second-order valence-electron chi connectivity index (χ2n) is 6.58. The summed E-state index contributed by atoms with van der Waals surface area (Å²) in [5.41, 5.74) is 0. The van der Waals surface area contributed by atoms with Gasteiger partial charge in [0, 0.05) is 14.2 Å². The van der Waals surface area contributed by atoms with E-state index in [0.29, 0.717) is 0 Å². The van der Waals surface area contributed by atoms with Crippen molar-refractivity contribution in [1.82, 2.24) is 5.32 Å². The molecular weight excluding hydrogens is 386 g/mol. The Kier molecular flexibility index (Phi) is 8.90. The highest BCUT2D eigenvalue weighted by atomic mass is 17.1. The van der Waals surface area contributed by atoms with Crippen LogP contribution in [0.3, 0.4) is 0 Å². The van der Waals surface area contributed by atoms with Gasteiger partial charge >= 0.3 is 0 Å². The Morgan fingerprint density at radius 3 is 2.11 bits per heavy atom. The smallest absolute Gasteiger partial charge is 0.222 e. The number of aliphatic hydroxyl groups excluding tert-OH is 5. The minimum absolute atomic E-state index is 0.562. The standard InChI is InChI=1S/C15H29NO12/c1-5(18)16-7-11(8(19)6(4-17)25-13(7)24-3)26-14-10(21)9(20)12(23-2)15(27-14)28-22/h5-22H,4H2,1-3H3/t5?,6?,7?,8-,9?,10?,11?,12+,13?,14?,15?/m1/s1. The summed E-state index contributed by atoms with van der Waals surface area (Å²) in [5.74, 6) is 0. The van der Waals surface area contributed by atoms with Crippen LogP contribution in [0, 0.1) is 0 Å². The van der Waals surface area contributed by atoms with E-state index >= 15 is 0 Å². The molecule has 2 heterocycles. The van der Waals surface area contributed by atoms with Crippen molar-refractivity contribution in [2.75, 3.05) is 20.8 Å². The van der Waals surface area contributed by atoms with Gasteiger partial charge in [-0.05, 0) is 6.92 Å². The molecule has 166 valence electrons. The number of rotatable bonds is 8. The van der Waals surface area contributed by atoms with E-state index in [9.17, 15) is 25.5 Å². The number of aliphatic hydroxyl groups is 5. The molecule has 2 fully saturated rings. The van der Waals surface area contributed by atoms with Crippen LogP contribution in [0.15, 0.2) is 0 Å². The average Bonchev–Trinajstić information content (AvgIpc) is 2.67. The third kappa shape index (κ3) is 4.96. The summed E-state index contributed by atoms with van der Waals surface area (Å²) in [7, 11) is 2.54. The molecule has 0 bridgehead atoms. The molecule has 0 radical (unpaired) electrons. The first-order valence-corrected chi connectivity index (χ1v) is 8.70. The molecule has 2 saturated heterocycles. The summed E-state index contributed by atoms with van der Waals surface area (Å²) >= 11 is 0. The van der Waals surface area contributed by atoms with Gasteiger partial charge in [0.2, 0.25) is 6.29 Å². The van der Waals surface area contributed by atoms with Crippen molar-refractivity contribution in [3.63, 3.8) is 0 Å². The van der Waals surface area contributed by atoms with Crippen LogP contribution in [0.1, 0.15) is 6.92 Å². The number of methoxy groups -OCH3 is 2. The molecule has 2 aliphatic rings. The van der Waals surface area contributed by atoms with Gasteiger partial charge in [0.25, 0.3) is 0 Å². The molecular formula is C15H29NO12. The molecule has 2 rings (SSSR count). The zero-order valence-electron chi connectivity index (χ0n) is 15.7. The lowest BCUT2D eigenvalue weighted by Crippen LogP contribution is -2.68. The van der Waals surface area contributed by atoms with Gasteiger partial charge in [0.15, 0.2) is 12.6 Å². The van der Waals surface area contributed by atoms with Crippen molar-refractivity contribution in [3.8, 4) is 0 Å². The fourth-order valence-corrected chi connectivity index (χ4v) is 3.30. The van der Waals surface area contributed by atoms with Crippen LogP contribution >= 0.6 is 0 Å². The predicted octanol–water partition coefficient (Wildman–Crippen LogP) is -3.70. The Labute approximate surface area is 161 Å². The quantitative estimate of drug-likeness (QED) is 0.117. The molecule has 0 spiro atoms. The first-order valence-electron chi connectivity index (χ1n) is 8.70. The van der Waals surface area contributed by atoms with E-state index in [1.54, 1.807) is 0 Å².